The third-order valence-corrected chi connectivity index (χ3v) is 2.36. The van der Waals surface area contributed by atoms with Gasteiger partial charge in [0, 0.05) is 0 Å². The summed E-state index contributed by atoms with van der Waals surface area (Å²) in [6.45, 7) is 0. The highest BCUT2D eigenvalue weighted by Gasteiger charge is 2.08. The van der Waals surface area contributed by atoms with Gasteiger partial charge in [-0.15, -0.1) is 0 Å². The summed E-state index contributed by atoms with van der Waals surface area (Å²) in [5.74, 6) is 0.368. The number of phenolic OH excluding ortho intramolecular Hbond substituents is 1. The Labute approximate surface area is 87.5 Å². The van der Waals surface area contributed by atoms with Gasteiger partial charge in [-0.25, -0.2) is 13.4 Å². The van der Waals surface area contributed by atoms with Crippen LogP contribution in [0.1, 0.15) is 0 Å². The summed E-state index contributed by atoms with van der Waals surface area (Å²) in [5, 5.41) is 9.54. The Balaban J connectivity index is 0.000000151. The molecule has 0 bridgehead atoms. The average molecular weight is 226 g/mol. The molecule has 0 spiro atoms. The van der Waals surface area contributed by atoms with E-state index in [-0.39, 0.29) is 5.82 Å². The first-order valence-corrected chi connectivity index (χ1v) is 5.61. The molecular formula is C9H10N2O3S. The van der Waals surface area contributed by atoms with Gasteiger partial charge in [-0.2, -0.15) is 0 Å². The molecule has 1 heterocycles. The second kappa shape index (κ2) is 4.61. The number of aromatic hydroxyl groups is 1. The van der Waals surface area contributed by atoms with E-state index in [9.17, 15) is 8.42 Å². The lowest BCUT2D eigenvalue weighted by Gasteiger charge is -1.82. The molecule has 1 aliphatic rings. The molecule has 0 atom stereocenters. The summed E-state index contributed by atoms with van der Waals surface area (Å²) < 4.78 is 20.7. The van der Waals surface area contributed by atoms with Crippen molar-refractivity contribution in [2.75, 3.05) is 0 Å². The number of hydrogen-bond donors (Lipinski definition) is 2. The van der Waals surface area contributed by atoms with Crippen LogP contribution in [-0.2, 0) is 9.84 Å². The monoisotopic (exact) mass is 226 g/mol. The molecule has 0 fully saturated rings. The summed E-state index contributed by atoms with van der Waals surface area (Å²) in [7, 11) is -3.17. The molecule has 0 radical (unpaired) electrons. The van der Waals surface area contributed by atoms with Crippen LogP contribution < -0.4 is 5.73 Å². The van der Waals surface area contributed by atoms with Gasteiger partial charge in [-0.05, 0) is 12.1 Å². The molecule has 0 unspecified atom stereocenters. The molecule has 2 rings (SSSR count). The Morgan fingerprint density at radius 2 is 1.80 bits per heavy atom. The number of nitrogens with two attached hydrogens (primary N) is 1. The minimum atomic E-state index is -3.17. The van der Waals surface area contributed by atoms with E-state index >= 15 is 0 Å². The molecule has 1 aromatic carbocycles. The molecule has 3 N–H and O–H groups in total. The summed E-state index contributed by atoms with van der Waals surface area (Å²) in [6.07, 6.45) is 0. The topological polar surface area (TPSA) is 92.8 Å². The van der Waals surface area contributed by atoms with Crippen LogP contribution in [0.5, 0.6) is 5.75 Å². The van der Waals surface area contributed by atoms with Gasteiger partial charge in [-0.3, -0.25) is 0 Å². The van der Waals surface area contributed by atoms with Gasteiger partial charge in [-0.1, -0.05) is 18.2 Å². The second-order valence-corrected chi connectivity index (χ2v) is 4.33. The number of rotatable bonds is 0. The second-order valence-electron chi connectivity index (χ2n) is 2.70. The van der Waals surface area contributed by atoms with Gasteiger partial charge < -0.3 is 10.8 Å². The maximum atomic E-state index is 10.3. The molecule has 0 amide bonds. The fourth-order valence-corrected chi connectivity index (χ4v) is 1.52. The maximum Gasteiger partial charge on any atom is 0.213 e. The molecule has 0 aromatic heterocycles. The lowest BCUT2D eigenvalue weighted by molar-refractivity contribution is 0.475. The van der Waals surface area contributed by atoms with Crippen molar-refractivity contribution in [3.63, 3.8) is 0 Å². The van der Waals surface area contributed by atoms with Crippen molar-refractivity contribution in [1.82, 2.24) is 0 Å². The number of aliphatic imine (C=N–C) groups is 1. The quantitative estimate of drug-likeness (QED) is 0.677. The highest BCUT2D eigenvalue weighted by Crippen LogP contribution is 2.02. The Bertz CT molecular complexity index is 477. The van der Waals surface area contributed by atoms with E-state index in [1.807, 2.05) is 6.07 Å². The van der Waals surface area contributed by atoms with Crippen LogP contribution in [0.2, 0.25) is 0 Å². The zero-order valence-electron chi connectivity index (χ0n) is 7.74. The lowest BCUT2D eigenvalue weighted by atomic mass is 10.3. The Hall–Kier alpha value is -1.82. The van der Waals surface area contributed by atoms with E-state index in [4.69, 9.17) is 10.8 Å². The van der Waals surface area contributed by atoms with Gasteiger partial charge in [0.1, 0.15) is 17.1 Å². The molecule has 5 nitrogen and oxygen atoms in total. The molecule has 6 heteroatoms. The van der Waals surface area contributed by atoms with Gasteiger partial charge >= 0.3 is 0 Å². The Kier molecular flexibility index (Phi) is 3.46. The van der Waals surface area contributed by atoms with Crippen molar-refractivity contribution >= 4 is 15.4 Å². The van der Waals surface area contributed by atoms with Gasteiger partial charge in [0.15, 0.2) is 0 Å². The van der Waals surface area contributed by atoms with E-state index in [2.05, 4.69) is 4.99 Å². The standard InChI is InChI=1S/C6H6O.C3H4N2O2S/c7-6-4-2-1-3-5-6;4-3-1-8(6,7)2-5-3/h1-5,7H;1-2H,4H2. The largest absolute Gasteiger partial charge is 0.508 e. The number of phenols is 1. The van der Waals surface area contributed by atoms with E-state index in [0.29, 0.717) is 5.75 Å². The molecule has 0 aliphatic carbocycles. The Morgan fingerprint density at radius 3 is 2.00 bits per heavy atom. The van der Waals surface area contributed by atoms with Crippen molar-refractivity contribution in [1.29, 1.82) is 0 Å². The first-order chi connectivity index (χ1) is 6.99. The summed E-state index contributed by atoms with van der Waals surface area (Å²) >= 11 is 0. The third kappa shape index (κ3) is 4.28. The summed E-state index contributed by atoms with van der Waals surface area (Å²) in [6, 6.07) is 8.71. The third-order valence-electron chi connectivity index (χ3n) is 1.39. The molecule has 80 valence electrons. The normalized spacial score (nSPS) is 16.4. The molecule has 0 saturated carbocycles. The van der Waals surface area contributed by atoms with Gasteiger partial charge in [0.05, 0.1) is 5.41 Å². The minimum Gasteiger partial charge on any atom is -0.508 e. The molecule has 15 heavy (non-hydrogen) atoms. The summed E-state index contributed by atoms with van der Waals surface area (Å²) in [4.78, 5) is 3.31. The highest BCUT2D eigenvalue weighted by atomic mass is 32.2. The molecule has 0 saturated heterocycles. The predicted molar refractivity (Wildman–Crippen MR) is 57.8 cm³/mol. The van der Waals surface area contributed by atoms with E-state index in [1.165, 1.54) is 0 Å². The number of sulfone groups is 1. The fourth-order valence-electron chi connectivity index (χ4n) is 0.791. The predicted octanol–water partition coefficient (Wildman–Crippen LogP) is 0.593. The average Bonchev–Trinajstić information content (AvgIpc) is 2.46. The van der Waals surface area contributed by atoms with Crippen LogP contribution in [0.25, 0.3) is 0 Å². The number of nitrogens with zero attached hydrogens (tertiary/aromatic N) is 1. The highest BCUT2D eigenvalue weighted by molar-refractivity contribution is 8.07. The van der Waals surface area contributed by atoms with Crippen LogP contribution in [0.4, 0.5) is 0 Å². The van der Waals surface area contributed by atoms with Crippen molar-refractivity contribution in [3.8, 4) is 5.75 Å². The van der Waals surface area contributed by atoms with E-state index in [1.54, 1.807) is 24.3 Å². The van der Waals surface area contributed by atoms with Crippen LogP contribution in [-0.4, -0.2) is 19.1 Å². The molecular weight excluding hydrogens is 216 g/mol. The maximum absolute atomic E-state index is 10.3. The number of para-hydroxylation sites is 1. The van der Waals surface area contributed by atoms with Crippen molar-refractivity contribution in [2.45, 2.75) is 0 Å². The lowest BCUT2D eigenvalue weighted by Crippen LogP contribution is -1.91. The van der Waals surface area contributed by atoms with Crippen molar-refractivity contribution in [2.24, 2.45) is 10.7 Å². The first-order valence-electron chi connectivity index (χ1n) is 4.00. The van der Waals surface area contributed by atoms with Crippen molar-refractivity contribution in [3.05, 3.63) is 41.6 Å². The number of hydrogen-bond acceptors (Lipinski definition) is 5. The smallest absolute Gasteiger partial charge is 0.213 e. The molecule has 1 aromatic rings. The molecule has 1 aliphatic heterocycles. The first kappa shape index (κ1) is 11.3. The fraction of sp³-hybridized carbons (Fsp3) is 0. The minimum absolute atomic E-state index is 0.0463. The van der Waals surface area contributed by atoms with Crippen molar-refractivity contribution < 1.29 is 13.5 Å². The van der Waals surface area contributed by atoms with Crippen LogP contribution in [0.3, 0.4) is 0 Å². The zero-order chi connectivity index (χ0) is 11.3. The van der Waals surface area contributed by atoms with Crippen LogP contribution in [0.15, 0.2) is 46.6 Å². The van der Waals surface area contributed by atoms with Crippen LogP contribution in [0, 0.1) is 0 Å². The SMILES string of the molecule is NC1=CS(=O)(=O)C=N1.Oc1ccccc1. The van der Waals surface area contributed by atoms with E-state index in [0.717, 1.165) is 11.0 Å². The zero-order valence-corrected chi connectivity index (χ0v) is 8.55. The summed E-state index contributed by atoms with van der Waals surface area (Å²) in [5.41, 5.74) is 5.82. The van der Waals surface area contributed by atoms with Gasteiger partial charge in [0.2, 0.25) is 9.84 Å². The number of benzene rings is 1. The van der Waals surface area contributed by atoms with Crippen LogP contribution >= 0.6 is 0 Å². The van der Waals surface area contributed by atoms with E-state index < -0.39 is 9.84 Å². The van der Waals surface area contributed by atoms with Gasteiger partial charge in [0.25, 0.3) is 0 Å². The Morgan fingerprint density at radius 1 is 1.20 bits per heavy atom.